The van der Waals surface area contributed by atoms with Gasteiger partial charge in [-0.2, -0.15) is 0 Å². The molecule has 0 saturated carbocycles. The maximum absolute atomic E-state index is 13.0. The number of hydrogen-bond acceptors (Lipinski definition) is 4. The Labute approximate surface area is 154 Å². The number of benzene rings is 1. The third-order valence-corrected chi connectivity index (χ3v) is 5.90. The summed E-state index contributed by atoms with van der Waals surface area (Å²) in [5, 5.41) is 1.18. The second-order valence-electron chi connectivity index (χ2n) is 6.04. The second-order valence-corrected chi connectivity index (χ2v) is 7.48. The summed E-state index contributed by atoms with van der Waals surface area (Å²) in [6.45, 7) is 3.76. The SMILES string of the molecule is Cc1c(C(=O)N(C)C(C)c2ccc(Cl)cc2)sc2ncn(C)c(=O)c12. The van der Waals surface area contributed by atoms with Gasteiger partial charge in [0.1, 0.15) is 4.83 Å². The minimum Gasteiger partial charge on any atom is -0.334 e. The predicted molar refractivity (Wildman–Crippen MR) is 102 cm³/mol. The fraction of sp³-hybridized carbons (Fsp3) is 0.278. The molecule has 25 heavy (non-hydrogen) atoms. The lowest BCUT2D eigenvalue weighted by molar-refractivity contribution is 0.0747. The summed E-state index contributed by atoms with van der Waals surface area (Å²) in [6.07, 6.45) is 1.48. The molecule has 3 aromatic rings. The molecule has 0 bridgehead atoms. The number of carbonyl (C=O) groups excluding carboxylic acids is 1. The number of amides is 1. The topological polar surface area (TPSA) is 55.2 Å². The van der Waals surface area contributed by atoms with Gasteiger partial charge in [-0.1, -0.05) is 23.7 Å². The molecule has 2 aromatic heterocycles. The Morgan fingerprint density at radius 2 is 1.96 bits per heavy atom. The van der Waals surface area contributed by atoms with Crippen molar-refractivity contribution in [3.8, 4) is 0 Å². The lowest BCUT2D eigenvalue weighted by atomic mass is 10.1. The number of thiophene rings is 1. The Morgan fingerprint density at radius 1 is 1.32 bits per heavy atom. The Kier molecular flexibility index (Phi) is 4.67. The number of hydrogen-bond donors (Lipinski definition) is 0. The highest BCUT2D eigenvalue weighted by molar-refractivity contribution is 7.20. The Balaban J connectivity index is 1.99. The zero-order chi connectivity index (χ0) is 18.3. The Hall–Kier alpha value is -2.18. The zero-order valence-electron chi connectivity index (χ0n) is 14.4. The van der Waals surface area contributed by atoms with E-state index < -0.39 is 0 Å². The molecule has 0 fully saturated rings. The number of carbonyl (C=O) groups is 1. The molecule has 3 rings (SSSR count). The van der Waals surface area contributed by atoms with Gasteiger partial charge in [0.2, 0.25) is 0 Å². The van der Waals surface area contributed by atoms with E-state index in [4.69, 9.17) is 11.6 Å². The van der Waals surface area contributed by atoms with Gasteiger partial charge in [-0.05, 0) is 37.1 Å². The van der Waals surface area contributed by atoms with Gasteiger partial charge in [0.05, 0.1) is 22.6 Å². The molecule has 5 nitrogen and oxygen atoms in total. The minimum absolute atomic E-state index is 0.120. The van der Waals surface area contributed by atoms with Crippen LogP contribution in [0.15, 0.2) is 35.4 Å². The summed E-state index contributed by atoms with van der Waals surface area (Å²) in [4.78, 5) is 32.4. The van der Waals surface area contributed by atoms with Gasteiger partial charge < -0.3 is 9.47 Å². The molecule has 1 amide bonds. The molecule has 0 radical (unpaired) electrons. The molecule has 1 aromatic carbocycles. The largest absolute Gasteiger partial charge is 0.334 e. The van der Waals surface area contributed by atoms with Crippen LogP contribution < -0.4 is 5.56 Å². The van der Waals surface area contributed by atoms with Crippen LogP contribution in [0.2, 0.25) is 5.02 Å². The summed E-state index contributed by atoms with van der Waals surface area (Å²) in [5.41, 5.74) is 1.55. The van der Waals surface area contributed by atoms with Crippen LogP contribution in [0.5, 0.6) is 0 Å². The quantitative estimate of drug-likeness (QED) is 0.699. The third kappa shape index (κ3) is 3.07. The molecule has 1 unspecified atom stereocenters. The third-order valence-electron chi connectivity index (χ3n) is 4.46. The van der Waals surface area contributed by atoms with Gasteiger partial charge in [-0.3, -0.25) is 9.59 Å². The monoisotopic (exact) mass is 375 g/mol. The van der Waals surface area contributed by atoms with E-state index in [1.54, 1.807) is 25.9 Å². The van der Waals surface area contributed by atoms with Gasteiger partial charge in [-0.25, -0.2) is 4.98 Å². The number of fused-ring (bicyclic) bond motifs is 1. The molecule has 0 aliphatic carbocycles. The van der Waals surface area contributed by atoms with Crippen molar-refractivity contribution in [1.82, 2.24) is 14.5 Å². The average Bonchev–Trinajstić information content (AvgIpc) is 2.94. The maximum Gasteiger partial charge on any atom is 0.264 e. The molecule has 0 N–H and O–H groups in total. The van der Waals surface area contributed by atoms with Crippen molar-refractivity contribution in [2.75, 3.05) is 7.05 Å². The summed E-state index contributed by atoms with van der Waals surface area (Å²) in [7, 11) is 3.42. The van der Waals surface area contributed by atoms with E-state index in [0.717, 1.165) is 5.56 Å². The van der Waals surface area contributed by atoms with Crippen molar-refractivity contribution in [2.45, 2.75) is 19.9 Å². The van der Waals surface area contributed by atoms with Crippen LogP contribution in [0.3, 0.4) is 0 Å². The fourth-order valence-electron chi connectivity index (χ4n) is 2.71. The van der Waals surface area contributed by atoms with Crippen LogP contribution >= 0.6 is 22.9 Å². The lowest BCUT2D eigenvalue weighted by Gasteiger charge is -2.25. The highest BCUT2D eigenvalue weighted by Gasteiger charge is 2.24. The van der Waals surface area contributed by atoms with Crippen LogP contribution in [-0.4, -0.2) is 27.4 Å². The summed E-state index contributed by atoms with van der Waals surface area (Å²) in [5.74, 6) is -0.120. The van der Waals surface area contributed by atoms with Crippen LogP contribution in [0, 0.1) is 6.92 Å². The number of aromatic nitrogens is 2. The molecular formula is C18H18ClN3O2S. The smallest absolute Gasteiger partial charge is 0.264 e. The van der Waals surface area contributed by atoms with Crippen molar-refractivity contribution in [3.63, 3.8) is 0 Å². The van der Waals surface area contributed by atoms with Crippen LogP contribution in [-0.2, 0) is 7.05 Å². The van der Waals surface area contributed by atoms with Crippen molar-refractivity contribution in [2.24, 2.45) is 7.05 Å². The summed E-state index contributed by atoms with van der Waals surface area (Å²) >= 11 is 7.19. The van der Waals surface area contributed by atoms with E-state index in [1.165, 1.54) is 22.2 Å². The average molecular weight is 376 g/mol. The van der Waals surface area contributed by atoms with Crippen LogP contribution in [0.1, 0.15) is 33.8 Å². The van der Waals surface area contributed by atoms with Gasteiger partial charge >= 0.3 is 0 Å². The normalized spacial score (nSPS) is 12.4. The first-order valence-corrected chi connectivity index (χ1v) is 8.98. The lowest BCUT2D eigenvalue weighted by Crippen LogP contribution is -2.29. The molecule has 0 aliphatic rings. The number of halogens is 1. The fourth-order valence-corrected chi connectivity index (χ4v) is 3.96. The maximum atomic E-state index is 13.0. The standard InChI is InChI=1S/C18H18ClN3O2S/c1-10-14-16(20-9-21(3)17(14)23)25-15(10)18(24)22(4)11(2)12-5-7-13(19)8-6-12/h5-9,11H,1-4H3. The van der Waals surface area contributed by atoms with Gasteiger partial charge in [0.15, 0.2) is 0 Å². The number of rotatable bonds is 3. The van der Waals surface area contributed by atoms with Crippen LogP contribution in [0.25, 0.3) is 10.2 Å². The van der Waals surface area contributed by atoms with E-state index in [1.807, 2.05) is 31.2 Å². The van der Waals surface area contributed by atoms with Crippen molar-refractivity contribution < 1.29 is 4.79 Å². The molecule has 0 saturated heterocycles. The molecular weight excluding hydrogens is 358 g/mol. The zero-order valence-corrected chi connectivity index (χ0v) is 16.0. The molecule has 1 atom stereocenters. The van der Waals surface area contributed by atoms with E-state index in [0.29, 0.717) is 25.7 Å². The van der Waals surface area contributed by atoms with Crippen LogP contribution in [0.4, 0.5) is 0 Å². The van der Waals surface area contributed by atoms with Gasteiger partial charge in [0, 0.05) is 19.1 Å². The van der Waals surface area contributed by atoms with Crippen molar-refractivity contribution in [3.05, 3.63) is 62.0 Å². The number of nitrogens with zero attached hydrogens (tertiary/aromatic N) is 3. The van der Waals surface area contributed by atoms with Gasteiger partial charge in [-0.15, -0.1) is 11.3 Å². The molecule has 7 heteroatoms. The van der Waals surface area contributed by atoms with Crippen molar-refractivity contribution in [1.29, 1.82) is 0 Å². The van der Waals surface area contributed by atoms with E-state index in [9.17, 15) is 9.59 Å². The Bertz CT molecular complexity index is 1010. The molecule has 2 heterocycles. The highest BCUT2D eigenvalue weighted by atomic mass is 35.5. The first kappa shape index (κ1) is 17.6. The summed E-state index contributed by atoms with van der Waals surface area (Å²) < 4.78 is 1.43. The Morgan fingerprint density at radius 3 is 2.60 bits per heavy atom. The van der Waals surface area contributed by atoms with E-state index in [2.05, 4.69) is 4.98 Å². The minimum atomic E-state index is -0.133. The first-order chi connectivity index (χ1) is 11.8. The van der Waals surface area contributed by atoms with E-state index in [-0.39, 0.29) is 17.5 Å². The molecule has 130 valence electrons. The number of aryl methyl sites for hydroxylation is 2. The second kappa shape index (κ2) is 6.61. The highest BCUT2D eigenvalue weighted by Crippen LogP contribution is 2.30. The first-order valence-electron chi connectivity index (χ1n) is 7.78. The van der Waals surface area contributed by atoms with E-state index >= 15 is 0 Å². The van der Waals surface area contributed by atoms with Crippen molar-refractivity contribution >= 4 is 39.1 Å². The molecule has 0 aliphatic heterocycles. The molecule has 0 spiro atoms. The van der Waals surface area contributed by atoms with Gasteiger partial charge in [0.25, 0.3) is 11.5 Å². The predicted octanol–water partition coefficient (Wildman–Crippen LogP) is 3.79. The summed E-state index contributed by atoms with van der Waals surface area (Å²) in [6, 6.07) is 7.32.